The molecule has 176 valence electrons. The van der Waals surface area contributed by atoms with Crippen LogP contribution in [0.2, 0.25) is 5.02 Å². The van der Waals surface area contributed by atoms with Crippen molar-refractivity contribution in [2.45, 2.75) is 18.9 Å². The van der Waals surface area contributed by atoms with Crippen LogP contribution in [0.1, 0.15) is 12.8 Å². The molecule has 32 heavy (non-hydrogen) atoms. The SMILES string of the molecule is C1CCOC1.CNCC(O)COc1cccc(-c2nc(N)c(Cl)c(N3CCOCC3)n2)c1. The van der Waals surface area contributed by atoms with Gasteiger partial charge in [0.2, 0.25) is 0 Å². The Hall–Kier alpha value is -2.17. The number of ether oxygens (including phenoxy) is 3. The molecule has 0 radical (unpaired) electrons. The monoisotopic (exact) mass is 465 g/mol. The molecule has 1 atom stereocenters. The lowest BCUT2D eigenvalue weighted by Gasteiger charge is -2.28. The van der Waals surface area contributed by atoms with Gasteiger partial charge in [-0.3, -0.25) is 0 Å². The van der Waals surface area contributed by atoms with Crippen molar-refractivity contribution in [1.82, 2.24) is 15.3 Å². The first kappa shape index (κ1) is 24.5. The Morgan fingerprint density at radius 3 is 2.56 bits per heavy atom. The number of nitrogens with one attached hydrogen (secondary N) is 1. The fourth-order valence-electron chi connectivity index (χ4n) is 3.29. The van der Waals surface area contributed by atoms with Crippen LogP contribution in [0.4, 0.5) is 11.6 Å². The van der Waals surface area contributed by atoms with Crippen molar-refractivity contribution < 1.29 is 19.3 Å². The van der Waals surface area contributed by atoms with Crippen molar-refractivity contribution >= 4 is 23.2 Å². The quantitative estimate of drug-likeness (QED) is 0.564. The first-order chi connectivity index (χ1) is 15.6. The number of aliphatic hydroxyl groups excluding tert-OH is 1. The van der Waals surface area contributed by atoms with Crippen LogP contribution in [0, 0.1) is 0 Å². The molecule has 3 heterocycles. The predicted octanol–water partition coefficient (Wildman–Crippen LogP) is 1.97. The van der Waals surface area contributed by atoms with Crippen molar-refractivity contribution in [3.63, 3.8) is 0 Å². The number of morpholine rings is 1. The Morgan fingerprint density at radius 1 is 1.19 bits per heavy atom. The lowest BCUT2D eigenvalue weighted by molar-refractivity contribution is 0.108. The first-order valence-electron chi connectivity index (χ1n) is 10.9. The van der Waals surface area contributed by atoms with Crippen LogP contribution in [0.5, 0.6) is 5.75 Å². The van der Waals surface area contributed by atoms with Gasteiger partial charge in [0.25, 0.3) is 0 Å². The molecule has 1 aromatic carbocycles. The molecule has 0 bridgehead atoms. The van der Waals surface area contributed by atoms with Crippen molar-refractivity contribution in [3.8, 4) is 17.1 Å². The number of rotatable bonds is 7. The third-order valence-electron chi connectivity index (χ3n) is 4.97. The summed E-state index contributed by atoms with van der Waals surface area (Å²) in [4.78, 5) is 11.0. The summed E-state index contributed by atoms with van der Waals surface area (Å²) in [6.07, 6.45) is 1.97. The topological polar surface area (TPSA) is 115 Å². The van der Waals surface area contributed by atoms with Crippen LogP contribution in [0.15, 0.2) is 24.3 Å². The Bertz CT molecular complexity index is 839. The van der Waals surface area contributed by atoms with Gasteiger partial charge >= 0.3 is 0 Å². The molecule has 0 amide bonds. The van der Waals surface area contributed by atoms with E-state index in [4.69, 9.17) is 31.5 Å². The van der Waals surface area contributed by atoms with E-state index in [2.05, 4.69) is 15.3 Å². The molecule has 2 aromatic rings. The number of halogens is 1. The van der Waals surface area contributed by atoms with E-state index < -0.39 is 6.10 Å². The summed E-state index contributed by atoms with van der Waals surface area (Å²) in [6, 6.07) is 7.36. The zero-order chi connectivity index (χ0) is 22.8. The van der Waals surface area contributed by atoms with E-state index in [0.717, 1.165) is 18.8 Å². The number of hydrogen-bond acceptors (Lipinski definition) is 9. The van der Waals surface area contributed by atoms with Crippen LogP contribution in [0.25, 0.3) is 11.4 Å². The van der Waals surface area contributed by atoms with Gasteiger partial charge in [-0.05, 0) is 32.0 Å². The van der Waals surface area contributed by atoms with E-state index >= 15 is 0 Å². The molecule has 9 nitrogen and oxygen atoms in total. The Labute approximate surface area is 193 Å². The average molecular weight is 466 g/mol. The molecule has 0 aliphatic carbocycles. The summed E-state index contributed by atoms with van der Waals surface area (Å²) in [5, 5.41) is 13.0. The first-order valence-corrected chi connectivity index (χ1v) is 11.3. The van der Waals surface area contributed by atoms with Gasteiger partial charge in [-0.25, -0.2) is 9.97 Å². The highest BCUT2D eigenvalue weighted by Gasteiger charge is 2.20. The smallest absolute Gasteiger partial charge is 0.164 e. The number of nitrogens with zero attached hydrogens (tertiary/aromatic N) is 3. The standard InChI is InChI=1S/C18H24ClN5O3.C4H8O/c1-21-10-13(25)11-27-14-4-2-3-12(9-14)17-22-16(20)15(19)18(23-17)24-5-7-26-8-6-24;1-2-4-5-3-1/h2-4,9,13,21,25H,5-8,10-11H2,1H3,(H2,20,22,23);1-4H2. The molecule has 2 aliphatic rings. The Kier molecular flexibility index (Phi) is 9.76. The minimum atomic E-state index is -0.589. The number of aliphatic hydroxyl groups is 1. The van der Waals surface area contributed by atoms with Gasteiger partial charge < -0.3 is 35.3 Å². The number of likely N-dealkylation sites (N-methyl/N-ethyl adjacent to an activating group) is 1. The summed E-state index contributed by atoms with van der Waals surface area (Å²) in [5.41, 5.74) is 6.78. The summed E-state index contributed by atoms with van der Waals surface area (Å²) in [7, 11) is 1.78. The maximum Gasteiger partial charge on any atom is 0.164 e. The molecule has 2 saturated heterocycles. The number of benzene rings is 1. The molecule has 10 heteroatoms. The summed E-state index contributed by atoms with van der Waals surface area (Å²) in [6.45, 7) is 5.28. The number of anilines is 2. The Morgan fingerprint density at radius 2 is 1.91 bits per heavy atom. The minimum absolute atomic E-state index is 0.187. The molecule has 2 fully saturated rings. The predicted molar refractivity (Wildman–Crippen MR) is 125 cm³/mol. The van der Waals surface area contributed by atoms with Gasteiger partial charge in [-0.2, -0.15) is 0 Å². The molecular formula is C22H32ClN5O4. The van der Waals surface area contributed by atoms with E-state index in [0.29, 0.717) is 55.3 Å². The van der Waals surface area contributed by atoms with Crippen molar-refractivity contribution in [1.29, 1.82) is 0 Å². The van der Waals surface area contributed by atoms with Gasteiger partial charge in [0, 0.05) is 38.4 Å². The van der Waals surface area contributed by atoms with Crippen molar-refractivity contribution in [3.05, 3.63) is 29.3 Å². The zero-order valence-corrected chi connectivity index (χ0v) is 19.2. The van der Waals surface area contributed by atoms with Crippen molar-refractivity contribution in [2.75, 3.05) is 70.3 Å². The van der Waals surface area contributed by atoms with Gasteiger partial charge in [-0.1, -0.05) is 23.7 Å². The van der Waals surface area contributed by atoms with Gasteiger partial charge in [0.05, 0.1) is 13.2 Å². The molecular weight excluding hydrogens is 434 g/mol. The van der Waals surface area contributed by atoms with E-state index in [1.807, 2.05) is 29.2 Å². The van der Waals surface area contributed by atoms with E-state index in [9.17, 15) is 5.11 Å². The molecule has 0 saturated carbocycles. The second-order valence-corrected chi connectivity index (χ2v) is 7.92. The van der Waals surface area contributed by atoms with E-state index in [1.165, 1.54) is 12.8 Å². The lowest BCUT2D eigenvalue weighted by atomic mass is 10.2. The number of nitrogens with two attached hydrogens (primary N) is 1. The Balaban J connectivity index is 0.000000509. The van der Waals surface area contributed by atoms with Crippen LogP contribution >= 0.6 is 11.6 Å². The summed E-state index contributed by atoms with van der Waals surface area (Å²) < 4.78 is 16.0. The highest BCUT2D eigenvalue weighted by Crippen LogP contribution is 2.32. The van der Waals surface area contributed by atoms with Gasteiger partial charge in [0.1, 0.15) is 29.3 Å². The van der Waals surface area contributed by atoms with Gasteiger partial charge in [-0.15, -0.1) is 0 Å². The molecule has 4 rings (SSSR count). The minimum Gasteiger partial charge on any atom is -0.491 e. The van der Waals surface area contributed by atoms with Crippen LogP contribution in [-0.4, -0.2) is 80.9 Å². The molecule has 2 aliphatic heterocycles. The molecule has 4 N–H and O–H groups in total. The summed E-state index contributed by atoms with van der Waals surface area (Å²) >= 11 is 6.34. The highest BCUT2D eigenvalue weighted by atomic mass is 35.5. The lowest BCUT2D eigenvalue weighted by Crippen LogP contribution is -2.37. The molecule has 1 aromatic heterocycles. The average Bonchev–Trinajstić information content (AvgIpc) is 3.41. The number of nitrogen functional groups attached to an aromatic ring is 1. The molecule has 1 unspecified atom stereocenters. The maximum atomic E-state index is 9.79. The highest BCUT2D eigenvalue weighted by molar-refractivity contribution is 6.35. The van der Waals surface area contributed by atoms with Gasteiger partial charge in [0.15, 0.2) is 11.6 Å². The number of hydrogen-bond donors (Lipinski definition) is 3. The second-order valence-electron chi connectivity index (χ2n) is 7.54. The molecule has 0 spiro atoms. The van der Waals surface area contributed by atoms with Crippen LogP contribution < -0.4 is 20.7 Å². The fraction of sp³-hybridized carbons (Fsp3) is 0.545. The summed E-state index contributed by atoms with van der Waals surface area (Å²) in [5.74, 6) is 1.93. The van der Waals surface area contributed by atoms with E-state index in [-0.39, 0.29) is 12.4 Å². The van der Waals surface area contributed by atoms with Crippen LogP contribution in [-0.2, 0) is 9.47 Å². The largest absolute Gasteiger partial charge is 0.491 e. The van der Waals surface area contributed by atoms with Crippen molar-refractivity contribution in [2.24, 2.45) is 0 Å². The third kappa shape index (κ3) is 7.18. The number of aromatic nitrogens is 2. The maximum absolute atomic E-state index is 9.79. The van der Waals surface area contributed by atoms with E-state index in [1.54, 1.807) is 7.05 Å². The third-order valence-corrected chi connectivity index (χ3v) is 5.33. The second kappa shape index (κ2) is 12.8. The van der Waals surface area contributed by atoms with Crippen LogP contribution in [0.3, 0.4) is 0 Å². The fourth-order valence-corrected chi connectivity index (χ4v) is 3.49. The normalized spacial score (nSPS) is 16.9. The zero-order valence-electron chi connectivity index (χ0n) is 18.4.